The van der Waals surface area contributed by atoms with E-state index in [-0.39, 0.29) is 23.6 Å². The highest BCUT2D eigenvalue weighted by atomic mass is 16.5. The lowest BCUT2D eigenvalue weighted by molar-refractivity contribution is -0.155. The topological polar surface area (TPSA) is 120 Å². The van der Waals surface area contributed by atoms with Crippen LogP contribution >= 0.6 is 0 Å². The van der Waals surface area contributed by atoms with Crippen molar-refractivity contribution in [1.82, 2.24) is 0 Å². The van der Waals surface area contributed by atoms with Gasteiger partial charge in [-0.1, -0.05) is 36.8 Å². The molecule has 2 saturated heterocycles. The molecule has 10 heteroatoms. The predicted octanol–water partition coefficient (Wildman–Crippen LogP) is 3.14. The highest BCUT2D eigenvalue weighted by Crippen LogP contribution is 2.69. The Kier molecular flexibility index (Phi) is 6.06. The number of nitrogens with zero attached hydrogens (tertiary/aromatic N) is 2. The van der Waals surface area contributed by atoms with Crippen LogP contribution < -0.4 is 19.3 Å². The lowest BCUT2D eigenvalue weighted by Gasteiger charge is -2.55. The highest BCUT2D eigenvalue weighted by molar-refractivity contribution is 6.28. The Labute approximate surface area is 236 Å². The van der Waals surface area contributed by atoms with Crippen LogP contribution in [0.15, 0.2) is 59.7 Å². The predicted molar refractivity (Wildman–Crippen MR) is 146 cm³/mol. The van der Waals surface area contributed by atoms with Crippen LogP contribution in [0.2, 0.25) is 0 Å². The van der Waals surface area contributed by atoms with Gasteiger partial charge in [0.2, 0.25) is 23.6 Å². The Bertz CT molecular complexity index is 1470. The second-order valence-electron chi connectivity index (χ2n) is 11.0. The van der Waals surface area contributed by atoms with E-state index in [0.29, 0.717) is 17.1 Å². The third kappa shape index (κ3) is 3.27. The van der Waals surface area contributed by atoms with Crippen molar-refractivity contribution in [3.63, 3.8) is 0 Å². The molecule has 2 aromatic carbocycles. The number of rotatable bonds is 6. The van der Waals surface area contributed by atoms with Crippen LogP contribution in [0.25, 0.3) is 0 Å². The van der Waals surface area contributed by atoms with Gasteiger partial charge in [-0.05, 0) is 38.1 Å². The third-order valence-electron chi connectivity index (χ3n) is 9.33. The Morgan fingerprint density at radius 1 is 0.756 bits per heavy atom. The zero-order valence-electron chi connectivity index (χ0n) is 23.4. The van der Waals surface area contributed by atoms with Crippen molar-refractivity contribution in [2.75, 3.05) is 30.6 Å². The van der Waals surface area contributed by atoms with Crippen LogP contribution in [-0.2, 0) is 28.7 Å². The van der Waals surface area contributed by atoms with Gasteiger partial charge in [-0.25, -0.2) is 14.6 Å². The van der Waals surface area contributed by atoms with Crippen molar-refractivity contribution in [3.05, 3.63) is 59.7 Å². The summed E-state index contributed by atoms with van der Waals surface area (Å²) >= 11 is 0. The number of hydrogen-bond donors (Lipinski definition) is 0. The lowest BCUT2D eigenvalue weighted by Crippen LogP contribution is -2.61. The molecular weight excluding hydrogens is 528 g/mol. The number of allylic oxidation sites excluding steroid dienone is 1. The molecule has 0 aromatic heterocycles. The fraction of sp³-hybridized carbons (Fsp3) is 0.387. The second-order valence-corrected chi connectivity index (χ2v) is 11.0. The summed E-state index contributed by atoms with van der Waals surface area (Å²) in [7, 11) is 2.89. The number of amides is 4. The molecule has 0 N–H and O–H groups in total. The van der Waals surface area contributed by atoms with Crippen LogP contribution in [0, 0.1) is 35.0 Å². The van der Waals surface area contributed by atoms with Crippen LogP contribution in [0.5, 0.6) is 11.5 Å². The maximum Gasteiger partial charge on any atom is 0.334 e. The van der Waals surface area contributed by atoms with Gasteiger partial charge in [0.05, 0.1) is 55.9 Å². The normalized spacial score (nSPS) is 30.1. The van der Waals surface area contributed by atoms with E-state index in [1.54, 1.807) is 69.3 Å². The lowest BCUT2D eigenvalue weighted by atomic mass is 9.43. The summed E-state index contributed by atoms with van der Waals surface area (Å²) in [5.74, 6) is -6.95. The number of anilines is 2. The first kappa shape index (κ1) is 26.7. The van der Waals surface area contributed by atoms with Crippen molar-refractivity contribution in [2.24, 2.45) is 35.0 Å². The molecule has 2 unspecified atom stereocenters. The van der Waals surface area contributed by atoms with Crippen molar-refractivity contribution in [3.8, 4) is 11.5 Å². The summed E-state index contributed by atoms with van der Waals surface area (Å²) in [6.07, 6.45) is 0. The highest BCUT2D eigenvalue weighted by Gasteiger charge is 2.77. The maximum atomic E-state index is 14.3. The molecule has 0 spiro atoms. The number of hydrogen-bond acceptors (Lipinski definition) is 8. The minimum absolute atomic E-state index is 0.0823. The van der Waals surface area contributed by atoms with Gasteiger partial charge >= 0.3 is 5.97 Å². The summed E-state index contributed by atoms with van der Waals surface area (Å²) in [6.45, 7) is 5.11. The number of carbonyl (C=O) groups is 5. The molecule has 2 bridgehead atoms. The molecule has 0 radical (unpaired) electrons. The van der Waals surface area contributed by atoms with Crippen LogP contribution in [0.3, 0.4) is 0 Å². The Morgan fingerprint density at radius 3 is 1.61 bits per heavy atom. The van der Waals surface area contributed by atoms with Gasteiger partial charge in [-0.2, -0.15) is 0 Å². The van der Waals surface area contributed by atoms with E-state index in [1.165, 1.54) is 14.2 Å². The van der Waals surface area contributed by atoms with Gasteiger partial charge < -0.3 is 14.2 Å². The molecule has 212 valence electrons. The van der Waals surface area contributed by atoms with Crippen molar-refractivity contribution < 1.29 is 38.2 Å². The summed E-state index contributed by atoms with van der Waals surface area (Å²) in [5.41, 5.74) is -0.252. The molecule has 1 saturated carbocycles. The number of benzene rings is 2. The summed E-state index contributed by atoms with van der Waals surface area (Å²) in [5, 5.41) is 0. The zero-order valence-corrected chi connectivity index (χ0v) is 23.4. The van der Waals surface area contributed by atoms with Gasteiger partial charge in [-0.15, -0.1) is 0 Å². The third-order valence-corrected chi connectivity index (χ3v) is 9.33. The second kappa shape index (κ2) is 9.29. The molecule has 7 rings (SSSR count). The van der Waals surface area contributed by atoms with Gasteiger partial charge in [0, 0.05) is 16.9 Å². The van der Waals surface area contributed by atoms with Gasteiger partial charge in [0.1, 0.15) is 11.5 Å². The van der Waals surface area contributed by atoms with E-state index in [9.17, 15) is 24.0 Å². The number of ether oxygens (including phenoxy) is 3. The first-order chi connectivity index (χ1) is 19.6. The van der Waals surface area contributed by atoms with Crippen molar-refractivity contribution in [1.29, 1.82) is 0 Å². The van der Waals surface area contributed by atoms with Crippen LogP contribution in [0.1, 0.15) is 20.8 Å². The van der Waals surface area contributed by atoms with E-state index in [1.807, 2.05) is 0 Å². The smallest absolute Gasteiger partial charge is 0.334 e. The molecular formula is C31H30N2O8. The Balaban J connectivity index is 1.56. The minimum Gasteiger partial charge on any atom is -0.495 e. The summed E-state index contributed by atoms with van der Waals surface area (Å²) < 4.78 is 16.3. The van der Waals surface area contributed by atoms with Gasteiger partial charge in [-0.3, -0.25) is 19.2 Å². The SMILES string of the molecule is CCOC(=O)C1=C(C)C2[C@@H]3C(=O)N(c4ccccc4OC)C(=O)[C@H]3C1(C)[C@H]1C(=O)N(c3ccccc3OC)C(=O)[C@@H]21. The molecule has 6 atom stereocenters. The van der Waals surface area contributed by atoms with Crippen molar-refractivity contribution in [2.45, 2.75) is 20.8 Å². The first-order valence-electron chi connectivity index (χ1n) is 13.5. The summed E-state index contributed by atoms with van der Waals surface area (Å²) in [6, 6.07) is 13.4. The van der Waals surface area contributed by atoms with Crippen molar-refractivity contribution >= 4 is 41.0 Å². The average molecular weight is 559 g/mol. The van der Waals surface area contributed by atoms with Gasteiger partial charge in [0.15, 0.2) is 0 Å². The molecule has 2 aromatic rings. The fourth-order valence-corrected chi connectivity index (χ4v) is 7.91. The van der Waals surface area contributed by atoms with E-state index < -0.39 is 64.6 Å². The number of imide groups is 2. The number of esters is 1. The van der Waals surface area contributed by atoms with Crippen LogP contribution in [-0.4, -0.2) is 50.4 Å². The van der Waals surface area contributed by atoms with E-state index in [4.69, 9.17) is 14.2 Å². The molecule has 5 aliphatic rings. The largest absolute Gasteiger partial charge is 0.495 e. The molecule has 41 heavy (non-hydrogen) atoms. The number of methoxy groups -OCH3 is 2. The van der Waals surface area contributed by atoms with E-state index in [0.717, 1.165) is 9.80 Å². The van der Waals surface area contributed by atoms with Gasteiger partial charge in [0.25, 0.3) is 0 Å². The number of carbonyl (C=O) groups excluding carboxylic acids is 5. The minimum atomic E-state index is -1.49. The molecule has 2 aliphatic heterocycles. The Hall–Kier alpha value is -4.47. The number of para-hydroxylation sites is 4. The molecule has 3 fully saturated rings. The first-order valence-corrected chi connectivity index (χ1v) is 13.5. The molecule has 10 nitrogen and oxygen atoms in total. The fourth-order valence-electron chi connectivity index (χ4n) is 7.91. The van der Waals surface area contributed by atoms with E-state index >= 15 is 0 Å². The molecule has 2 heterocycles. The summed E-state index contributed by atoms with van der Waals surface area (Å²) in [4.78, 5) is 72.8. The quantitative estimate of drug-likeness (QED) is 0.392. The molecule has 4 amide bonds. The van der Waals surface area contributed by atoms with Crippen LogP contribution in [0.4, 0.5) is 11.4 Å². The monoisotopic (exact) mass is 558 g/mol. The molecule has 3 aliphatic carbocycles. The Morgan fingerprint density at radius 2 is 1.20 bits per heavy atom. The maximum absolute atomic E-state index is 14.3. The van der Waals surface area contributed by atoms with E-state index in [2.05, 4.69) is 0 Å². The average Bonchev–Trinajstić information content (AvgIpc) is 3.39. The standard InChI is InChI=1S/C31H30N2O8/c1-6-41-30(38)23-15(2)20-21-24(28(36)32(26(21)34)16-11-7-9-13-18(16)39-4)31(23,3)25-22(20)27(35)33(29(25)37)17-12-8-10-14-19(17)40-5/h7-14,20-22,24-25H,6H2,1-5H3/t20?,21-,22-,24-,25+,31?/m0/s1. The zero-order chi connectivity index (χ0) is 29.4.